The van der Waals surface area contributed by atoms with E-state index in [0.717, 1.165) is 0 Å². The number of amides is 1. The largest absolute Gasteiger partial charge is 0.457 e. The van der Waals surface area contributed by atoms with Crippen molar-refractivity contribution < 1.29 is 9.53 Å². The maximum absolute atomic E-state index is 12.6. The summed E-state index contributed by atoms with van der Waals surface area (Å²) >= 11 is 0. The number of aryl methyl sites for hydroxylation is 1. The fourth-order valence-electron chi connectivity index (χ4n) is 2.58. The number of hydrogen-bond donors (Lipinski definition) is 1. The van der Waals surface area contributed by atoms with Gasteiger partial charge in [0.25, 0.3) is 11.5 Å². The monoisotopic (exact) mass is 363 g/mol. The smallest absolute Gasteiger partial charge is 0.256 e. The molecular weight excluding hydrogens is 342 g/mol. The number of nitrogens with one attached hydrogen (secondary N) is 1. The minimum absolute atomic E-state index is 0.0930. The maximum atomic E-state index is 12.6. The standard InChI is InChI=1S/C21H21N3O3/c1-15-16(2)23-14-24(21(15)26)13-12-22-20(25)18-10-6-7-11-19(18)27-17-8-4-3-5-9-17/h3-11,14H,12-13H2,1-2H3,(H,22,25). The summed E-state index contributed by atoms with van der Waals surface area (Å²) in [6.45, 7) is 4.20. The third kappa shape index (κ3) is 4.41. The number of hydrogen-bond acceptors (Lipinski definition) is 4. The van der Waals surface area contributed by atoms with Crippen molar-refractivity contribution in [2.75, 3.05) is 6.54 Å². The molecule has 138 valence electrons. The molecule has 0 bridgehead atoms. The summed E-state index contributed by atoms with van der Waals surface area (Å²) in [7, 11) is 0. The number of ether oxygens (including phenoxy) is 1. The highest BCUT2D eigenvalue weighted by molar-refractivity contribution is 5.96. The Morgan fingerprint density at radius 3 is 2.56 bits per heavy atom. The van der Waals surface area contributed by atoms with Gasteiger partial charge in [-0.25, -0.2) is 4.98 Å². The average Bonchev–Trinajstić information content (AvgIpc) is 2.69. The number of carbonyl (C=O) groups excluding carboxylic acids is 1. The van der Waals surface area contributed by atoms with Gasteiger partial charge in [0.2, 0.25) is 0 Å². The summed E-state index contributed by atoms with van der Waals surface area (Å²) in [5.74, 6) is 0.878. The van der Waals surface area contributed by atoms with Crippen molar-refractivity contribution in [1.82, 2.24) is 14.9 Å². The van der Waals surface area contributed by atoms with Crippen molar-refractivity contribution in [3.05, 3.63) is 88.1 Å². The van der Waals surface area contributed by atoms with Crippen LogP contribution in [-0.4, -0.2) is 22.0 Å². The topological polar surface area (TPSA) is 73.2 Å². The van der Waals surface area contributed by atoms with Crippen LogP contribution in [0, 0.1) is 13.8 Å². The Bertz CT molecular complexity index is 997. The molecule has 0 saturated carbocycles. The Morgan fingerprint density at radius 1 is 1.07 bits per heavy atom. The molecule has 27 heavy (non-hydrogen) atoms. The maximum Gasteiger partial charge on any atom is 0.256 e. The summed E-state index contributed by atoms with van der Waals surface area (Å²) in [5.41, 5.74) is 1.68. The van der Waals surface area contributed by atoms with Crippen LogP contribution in [0.3, 0.4) is 0 Å². The lowest BCUT2D eigenvalue weighted by Gasteiger charge is -2.12. The summed E-state index contributed by atoms with van der Waals surface area (Å²) in [6, 6.07) is 16.3. The van der Waals surface area contributed by atoms with Crippen molar-refractivity contribution >= 4 is 5.91 Å². The molecule has 1 heterocycles. The predicted molar refractivity (Wildman–Crippen MR) is 103 cm³/mol. The van der Waals surface area contributed by atoms with Crippen LogP contribution in [0.15, 0.2) is 65.7 Å². The molecule has 2 aromatic carbocycles. The molecule has 0 saturated heterocycles. The Kier molecular flexibility index (Phi) is 5.66. The molecule has 3 aromatic rings. The number of nitrogens with zero attached hydrogens (tertiary/aromatic N) is 2. The van der Waals surface area contributed by atoms with Crippen molar-refractivity contribution in [2.45, 2.75) is 20.4 Å². The summed E-state index contributed by atoms with van der Waals surface area (Å²) < 4.78 is 7.31. The van der Waals surface area contributed by atoms with E-state index in [1.165, 1.54) is 10.9 Å². The molecule has 0 fully saturated rings. The lowest BCUT2D eigenvalue weighted by atomic mass is 10.2. The van der Waals surface area contributed by atoms with Crippen LogP contribution in [-0.2, 0) is 6.54 Å². The third-order valence-corrected chi connectivity index (χ3v) is 4.26. The van der Waals surface area contributed by atoms with Crippen LogP contribution in [0.5, 0.6) is 11.5 Å². The normalized spacial score (nSPS) is 10.4. The second-order valence-corrected chi connectivity index (χ2v) is 6.12. The third-order valence-electron chi connectivity index (χ3n) is 4.26. The second kappa shape index (κ2) is 8.31. The quantitative estimate of drug-likeness (QED) is 0.730. The molecule has 0 atom stereocenters. The van der Waals surface area contributed by atoms with Gasteiger partial charge in [-0.3, -0.25) is 14.2 Å². The lowest BCUT2D eigenvalue weighted by Crippen LogP contribution is -2.32. The van der Waals surface area contributed by atoms with Gasteiger partial charge in [-0.2, -0.15) is 0 Å². The molecule has 1 aromatic heterocycles. The molecule has 6 heteroatoms. The summed E-state index contributed by atoms with van der Waals surface area (Å²) in [4.78, 5) is 28.9. The Hall–Kier alpha value is -3.41. The van der Waals surface area contributed by atoms with E-state index in [0.29, 0.717) is 41.4 Å². The van der Waals surface area contributed by atoms with Gasteiger partial charge in [-0.15, -0.1) is 0 Å². The number of para-hydroxylation sites is 2. The minimum Gasteiger partial charge on any atom is -0.457 e. The Balaban J connectivity index is 1.67. The van der Waals surface area contributed by atoms with Crippen molar-refractivity contribution in [3.8, 4) is 11.5 Å². The molecular formula is C21H21N3O3. The molecule has 0 radical (unpaired) electrons. The fourth-order valence-corrected chi connectivity index (χ4v) is 2.58. The van der Waals surface area contributed by atoms with E-state index in [1.54, 1.807) is 32.0 Å². The average molecular weight is 363 g/mol. The van der Waals surface area contributed by atoms with E-state index in [1.807, 2.05) is 36.4 Å². The highest BCUT2D eigenvalue weighted by Crippen LogP contribution is 2.24. The van der Waals surface area contributed by atoms with Crippen LogP contribution < -0.4 is 15.6 Å². The summed E-state index contributed by atoms with van der Waals surface area (Å²) in [6.07, 6.45) is 1.50. The van der Waals surface area contributed by atoms with Crippen molar-refractivity contribution in [1.29, 1.82) is 0 Å². The highest BCUT2D eigenvalue weighted by Gasteiger charge is 2.12. The molecule has 1 N–H and O–H groups in total. The van der Waals surface area contributed by atoms with E-state index in [9.17, 15) is 9.59 Å². The molecule has 0 aliphatic rings. The molecule has 1 amide bonds. The van der Waals surface area contributed by atoms with Crippen LogP contribution in [0.25, 0.3) is 0 Å². The second-order valence-electron chi connectivity index (χ2n) is 6.12. The summed E-state index contributed by atoms with van der Waals surface area (Å²) in [5, 5.41) is 2.83. The van der Waals surface area contributed by atoms with Crippen molar-refractivity contribution in [2.24, 2.45) is 0 Å². The Labute approximate surface area is 157 Å². The van der Waals surface area contributed by atoms with Gasteiger partial charge in [0.05, 0.1) is 11.9 Å². The van der Waals surface area contributed by atoms with E-state index in [4.69, 9.17) is 4.74 Å². The van der Waals surface area contributed by atoms with Gasteiger partial charge >= 0.3 is 0 Å². The fraction of sp³-hybridized carbons (Fsp3) is 0.190. The number of aromatic nitrogens is 2. The van der Waals surface area contributed by atoms with E-state index < -0.39 is 0 Å². The van der Waals surface area contributed by atoms with Gasteiger partial charge in [0.15, 0.2) is 0 Å². The van der Waals surface area contributed by atoms with Crippen LogP contribution >= 0.6 is 0 Å². The first-order chi connectivity index (χ1) is 13.1. The molecule has 0 unspecified atom stereocenters. The molecule has 6 nitrogen and oxygen atoms in total. The van der Waals surface area contributed by atoms with E-state index >= 15 is 0 Å². The van der Waals surface area contributed by atoms with Crippen molar-refractivity contribution in [3.63, 3.8) is 0 Å². The predicted octanol–water partition coefficient (Wildman–Crippen LogP) is 3.08. The number of benzene rings is 2. The van der Waals surface area contributed by atoms with Gasteiger partial charge in [0, 0.05) is 24.3 Å². The number of rotatable bonds is 6. The SMILES string of the molecule is Cc1ncn(CCNC(=O)c2ccccc2Oc2ccccc2)c(=O)c1C. The van der Waals surface area contributed by atoms with Gasteiger partial charge < -0.3 is 10.1 Å². The zero-order valence-corrected chi connectivity index (χ0v) is 15.3. The van der Waals surface area contributed by atoms with Crippen LogP contribution in [0.1, 0.15) is 21.6 Å². The van der Waals surface area contributed by atoms with E-state index in [2.05, 4.69) is 10.3 Å². The van der Waals surface area contributed by atoms with Gasteiger partial charge in [-0.05, 0) is 38.1 Å². The molecule has 0 aliphatic heterocycles. The molecule has 0 aliphatic carbocycles. The Morgan fingerprint density at radius 2 is 1.78 bits per heavy atom. The first-order valence-corrected chi connectivity index (χ1v) is 8.69. The first kappa shape index (κ1) is 18.4. The van der Waals surface area contributed by atoms with E-state index in [-0.39, 0.29) is 11.5 Å². The molecule has 3 rings (SSSR count). The zero-order valence-electron chi connectivity index (χ0n) is 15.3. The van der Waals surface area contributed by atoms with Gasteiger partial charge in [-0.1, -0.05) is 30.3 Å². The number of carbonyl (C=O) groups is 1. The first-order valence-electron chi connectivity index (χ1n) is 8.69. The van der Waals surface area contributed by atoms with Crippen LogP contribution in [0.2, 0.25) is 0 Å². The lowest BCUT2D eigenvalue weighted by molar-refractivity contribution is 0.0950. The highest BCUT2D eigenvalue weighted by atomic mass is 16.5. The molecule has 0 spiro atoms. The minimum atomic E-state index is -0.258. The zero-order chi connectivity index (χ0) is 19.2. The van der Waals surface area contributed by atoms with Gasteiger partial charge in [0.1, 0.15) is 11.5 Å². The van der Waals surface area contributed by atoms with Crippen LogP contribution in [0.4, 0.5) is 0 Å².